The first-order valence-electron chi connectivity index (χ1n) is 12.6. The Morgan fingerprint density at radius 3 is 1.96 bits per heavy atom. The van der Waals surface area contributed by atoms with Crippen molar-refractivity contribution in [2.45, 2.75) is 20.3 Å². The van der Waals surface area contributed by atoms with Crippen molar-refractivity contribution in [3.8, 4) is 5.75 Å². The van der Waals surface area contributed by atoms with E-state index in [9.17, 15) is 54.1 Å². The molecule has 7 N–H and O–H groups in total. The van der Waals surface area contributed by atoms with Crippen molar-refractivity contribution in [2.75, 3.05) is 11.1 Å². The van der Waals surface area contributed by atoms with Crippen LogP contribution in [0.1, 0.15) is 5.56 Å². The van der Waals surface area contributed by atoms with Gasteiger partial charge in [-0.2, -0.15) is 30.4 Å². The molecule has 1 unspecified atom stereocenters. The summed E-state index contributed by atoms with van der Waals surface area (Å²) < 4.78 is 103. The topological polar surface area (TPSA) is 302 Å². The molecule has 0 aliphatic carbocycles. The van der Waals surface area contributed by atoms with Crippen LogP contribution in [-0.2, 0) is 36.0 Å². The average molecular weight is 705 g/mol. The number of benzene rings is 4. The van der Waals surface area contributed by atoms with E-state index in [1.807, 2.05) is 0 Å². The number of nitro benzene ring substituents is 1. The number of non-ortho nitro benzene ring substituents is 1. The molecule has 0 radical (unpaired) electrons. The summed E-state index contributed by atoms with van der Waals surface area (Å²) in [5, 5.41) is 32.3. The molecule has 1 heterocycles. The van der Waals surface area contributed by atoms with Crippen LogP contribution >= 0.6 is 0 Å². The first-order chi connectivity index (χ1) is 21.8. The summed E-state index contributed by atoms with van der Waals surface area (Å²) in [5.41, 5.74) is 2.14. The predicted octanol–water partition coefficient (Wildman–Crippen LogP) is 4.10. The van der Waals surface area contributed by atoms with E-state index in [-0.39, 0.29) is 17.1 Å². The summed E-state index contributed by atoms with van der Waals surface area (Å²) >= 11 is 0. The number of allylic oxidation sites excluding steroid dienone is 1. The van der Waals surface area contributed by atoms with Gasteiger partial charge in [0.05, 0.1) is 26.8 Å². The monoisotopic (exact) mass is 704 g/mol. The van der Waals surface area contributed by atoms with Gasteiger partial charge in [0.2, 0.25) is 0 Å². The molecule has 0 fully saturated rings. The molecule has 5 rings (SSSR count). The lowest BCUT2D eigenvalue weighted by Crippen LogP contribution is -2.32. The summed E-state index contributed by atoms with van der Waals surface area (Å²) in [6, 6.07) is 10.5. The summed E-state index contributed by atoms with van der Waals surface area (Å²) in [5.74, 6) is -0.938. The molecule has 0 aromatic heterocycles. The fourth-order valence-electron chi connectivity index (χ4n) is 4.74. The number of phenolic OH excluding ortho intramolecular Hbond substituents is 1. The Kier molecular flexibility index (Phi) is 8.08. The largest absolute Gasteiger partial charge is 0.507 e. The summed E-state index contributed by atoms with van der Waals surface area (Å²) in [4.78, 5) is 12.1. The van der Waals surface area contributed by atoms with Gasteiger partial charge in [-0.25, -0.2) is 0 Å². The smallest absolute Gasteiger partial charge is 0.296 e. The highest BCUT2D eigenvalue weighted by Gasteiger charge is 2.40. The van der Waals surface area contributed by atoms with Gasteiger partial charge in [0.1, 0.15) is 21.2 Å². The van der Waals surface area contributed by atoms with Crippen molar-refractivity contribution < 1.29 is 48.9 Å². The van der Waals surface area contributed by atoms with Gasteiger partial charge >= 0.3 is 0 Å². The number of fused-ring (bicyclic) bond motifs is 1. The molecule has 18 nitrogen and oxygen atoms in total. The van der Waals surface area contributed by atoms with E-state index < -0.39 is 89.1 Å². The minimum absolute atomic E-state index is 0.00313. The number of nitro groups is 1. The Bertz CT molecular complexity index is 2380. The lowest BCUT2D eigenvalue weighted by atomic mass is 9.93. The number of nitrogens with one attached hydrogen (secondary N) is 1. The first-order valence-corrected chi connectivity index (χ1v) is 17.0. The Hall–Kier alpha value is -5.32. The Morgan fingerprint density at radius 2 is 1.45 bits per heavy atom. The van der Waals surface area contributed by atoms with Gasteiger partial charge in [-0.05, 0) is 66.1 Å². The Labute approximate surface area is 265 Å². The van der Waals surface area contributed by atoms with E-state index >= 15 is 0 Å². The molecule has 0 saturated heterocycles. The first kappa shape index (κ1) is 33.1. The zero-order chi connectivity index (χ0) is 34.5. The third-order valence-electron chi connectivity index (χ3n) is 6.79. The van der Waals surface area contributed by atoms with Crippen LogP contribution in [0.25, 0.3) is 10.8 Å². The number of anilines is 2. The summed E-state index contributed by atoms with van der Waals surface area (Å²) in [6.45, 7) is 0. The summed E-state index contributed by atoms with van der Waals surface area (Å²) in [6.07, 6.45) is 3.84. The highest BCUT2D eigenvalue weighted by atomic mass is 32.2. The molecule has 0 bridgehead atoms. The second-order valence-electron chi connectivity index (χ2n) is 9.79. The lowest BCUT2D eigenvalue weighted by Gasteiger charge is -2.30. The van der Waals surface area contributed by atoms with Gasteiger partial charge in [0.15, 0.2) is 5.66 Å². The maximum absolute atomic E-state index is 12.7. The molecule has 0 amide bonds. The SMILES string of the molecule is Nc1c(N=Nc2ccc([N+](=O)[O-])cc2)c(S(=O)(=O)O)cc2cc(S(=O)(=O)O)c(C3(Nc4ccc(S(=O)(=O)O)cc4)C=CC=N3)c(O)c12. The fourth-order valence-corrected chi connectivity index (χ4v) is 6.68. The van der Waals surface area contributed by atoms with Crippen LogP contribution in [0.5, 0.6) is 5.75 Å². The highest BCUT2D eigenvalue weighted by Crippen LogP contribution is 2.49. The van der Waals surface area contributed by atoms with Gasteiger partial charge in [-0.1, -0.05) is 0 Å². The molecular formula is C26H20N6O12S3. The molecule has 4 aromatic carbocycles. The molecule has 0 saturated carbocycles. The van der Waals surface area contributed by atoms with Crippen LogP contribution in [0.3, 0.4) is 0 Å². The number of nitrogens with zero attached hydrogens (tertiary/aromatic N) is 4. The average Bonchev–Trinajstić information content (AvgIpc) is 3.44. The van der Waals surface area contributed by atoms with E-state index in [0.717, 1.165) is 36.4 Å². The van der Waals surface area contributed by atoms with Crippen LogP contribution in [0.2, 0.25) is 0 Å². The van der Waals surface area contributed by atoms with Crippen LogP contribution in [0, 0.1) is 10.1 Å². The Balaban J connectivity index is 1.77. The van der Waals surface area contributed by atoms with Crippen LogP contribution in [0.4, 0.5) is 28.4 Å². The minimum atomic E-state index is -5.23. The molecule has 21 heteroatoms. The maximum Gasteiger partial charge on any atom is 0.296 e. The van der Waals surface area contributed by atoms with Gasteiger partial charge < -0.3 is 16.2 Å². The molecular weight excluding hydrogens is 685 g/mol. The quantitative estimate of drug-likeness (QED) is 0.0470. The molecule has 1 aliphatic heterocycles. The lowest BCUT2D eigenvalue weighted by molar-refractivity contribution is -0.384. The fraction of sp³-hybridized carbons (Fsp3) is 0.0385. The Morgan fingerprint density at radius 1 is 0.851 bits per heavy atom. The van der Waals surface area contributed by atoms with Crippen LogP contribution < -0.4 is 11.1 Å². The number of hydrogen-bond donors (Lipinski definition) is 6. The zero-order valence-corrected chi connectivity index (χ0v) is 25.6. The molecule has 47 heavy (non-hydrogen) atoms. The number of rotatable bonds is 9. The number of aliphatic imine (C=N–C) groups is 1. The number of azo groups is 1. The van der Waals surface area contributed by atoms with Crippen molar-refractivity contribution in [3.63, 3.8) is 0 Å². The third-order valence-corrected chi connectivity index (χ3v) is 9.40. The number of phenols is 1. The van der Waals surface area contributed by atoms with Crippen molar-refractivity contribution in [3.05, 3.63) is 88.5 Å². The molecule has 1 atom stereocenters. The summed E-state index contributed by atoms with van der Waals surface area (Å²) in [7, 11) is -14.9. The second-order valence-corrected chi connectivity index (χ2v) is 14.0. The van der Waals surface area contributed by atoms with Crippen molar-refractivity contribution >= 4 is 75.8 Å². The highest BCUT2D eigenvalue weighted by molar-refractivity contribution is 7.86. The molecule has 4 aromatic rings. The van der Waals surface area contributed by atoms with E-state index in [1.54, 1.807) is 0 Å². The number of aromatic hydroxyl groups is 1. The maximum atomic E-state index is 12.7. The van der Waals surface area contributed by atoms with Gasteiger partial charge in [-0.15, -0.1) is 5.11 Å². The molecule has 0 spiro atoms. The molecule has 244 valence electrons. The number of nitrogens with two attached hydrogens (primary N) is 1. The standard InChI is InChI=1S/C26H20N6O12S3/c27-23-21-14(13-20(47(42,43)44)24(23)31-30-16-2-6-17(7-3-16)32(34)35)12-19(46(39,40)41)22(25(21)33)26(10-1-11-28-26)29-15-4-8-18(9-5-15)45(36,37)38/h1-13,29,33H,27H2,(H,36,37,38)(H,39,40,41)(H,42,43,44). The number of hydrogen-bond acceptors (Lipinski definition) is 14. The van der Waals surface area contributed by atoms with E-state index in [1.165, 1.54) is 42.6 Å². The van der Waals surface area contributed by atoms with E-state index in [0.29, 0.717) is 0 Å². The minimum Gasteiger partial charge on any atom is -0.507 e. The molecule has 1 aliphatic rings. The van der Waals surface area contributed by atoms with Crippen LogP contribution in [-0.4, -0.2) is 55.2 Å². The van der Waals surface area contributed by atoms with E-state index in [2.05, 4.69) is 20.5 Å². The van der Waals surface area contributed by atoms with Gasteiger partial charge in [-0.3, -0.25) is 28.8 Å². The van der Waals surface area contributed by atoms with Crippen molar-refractivity contribution in [1.29, 1.82) is 0 Å². The van der Waals surface area contributed by atoms with Crippen molar-refractivity contribution in [2.24, 2.45) is 15.2 Å². The van der Waals surface area contributed by atoms with E-state index in [4.69, 9.17) is 5.73 Å². The number of nitrogen functional groups attached to an aromatic ring is 1. The third kappa shape index (κ3) is 6.38. The zero-order valence-electron chi connectivity index (χ0n) is 23.2. The van der Waals surface area contributed by atoms with Gasteiger partial charge in [0.25, 0.3) is 36.0 Å². The predicted molar refractivity (Wildman–Crippen MR) is 166 cm³/mol. The second kappa shape index (κ2) is 11.5. The van der Waals surface area contributed by atoms with Crippen LogP contribution in [0.15, 0.2) is 103 Å². The van der Waals surface area contributed by atoms with Gasteiger partial charge in [0, 0.05) is 29.4 Å². The van der Waals surface area contributed by atoms with Crippen molar-refractivity contribution in [1.82, 2.24) is 0 Å². The normalized spacial score (nSPS) is 16.7.